The Morgan fingerprint density at radius 1 is 1.05 bits per heavy atom. The van der Waals surface area contributed by atoms with Gasteiger partial charge in [0.25, 0.3) is 5.91 Å². The van der Waals surface area contributed by atoms with Crippen molar-refractivity contribution in [2.75, 3.05) is 26.9 Å². The van der Waals surface area contributed by atoms with E-state index in [2.05, 4.69) is 5.32 Å². The van der Waals surface area contributed by atoms with Crippen molar-refractivity contribution in [2.45, 2.75) is 38.8 Å². The number of ether oxygens (including phenoxy) is 2. The predicted molar refractivity (Wildman–Crippen MR) is 157 cm³/mol. The van der Waals surface area contributed by atoms with E-state index in [9.17, 15) is 14.7 Å². The molecule has 4 rings (SSSR count). The molecule has 0 heterocycles. The number of nitrogens with zero attached hydrogens (tertiary/aromatic N) is 1. The van der Waals surface area contributed by atoms with Gasteiger partial charge in [0.05, 0.1) is 6.61 Å². The number of hydrogen-bond donors (Lipinski definition) is 2. The Kier molecular flexibility index (Phi) is 10.2. The highest BCUT2D eigenvalue weighted by Crippen LogP contribution is 2.31. The van der Waals surface area contributed by atoms with Crippen molar-refractivity contribution in [3.05, 3.63) is 99.6 Å². The summed E-state index contributed by atoms with van der Waals surface area (Å²) < 4.78 is 11.1. The molecule has 1 aliphatic rings. The molecule has 40 heavy (non-hydrogen) atoms. The van der Waals surface area contributed by atoms with Gasteiger partial charge in [-0.3, -0.25) is 9.59 Å². The molecule has 1 atom stereocenters. The van der Waals surface area contributed by atoms with E-state index in [-0.39, 0.29) is 23.6 Å². The lowest BCUT2D eigenvalue weighted by molar-refractivity contribution is -0.128. The topological polar surface area (TPSA) is 88.1 Å². The number of aromatic hydroxyl groups is 1. The number of rotatable bonds is 12. The van der Waals surface area contributed by atoms with Crippen molar-refractivity contribution in [1.29, 1.82) is 0 Å². The number of methoxy groups -OCH3 is 1. The van der Waals surface area contributed by atoms with Crippen LogP contribution < -0.4 is 10.1 Å². The standard InChI is InChI=1S/C32H35ClN2O5/c1-3-14-34-32(38)24-8-7-23-19-28(20-25(23)17-24)35(31(37)13-6-22-4-10-29(36)11-5-22)21-26-18-27(33)9-12-30(26)40-16-15-39-2/h4-13,17-18,28,36H,3,14-16,19-21H2,1-2H3,(H,34,38)/b13-6-. The molecule has 8 heteroatoms. The maximum Gasteiger partial charge on any atom is 0.251 e. The van der Waals surface area contributed by atoms with Crippen LogP contribution in [0.15, 0.2) is 66.7 Å². The Morgan fingerprint density at radius 2 is 1.82 bits per heavy atom. The molecule has 1 unspecified atom stereocenters. The van der Waals surface area contributed by atoms with E-state index in [1.54, 1.807) is 49.6 Å². The lowest BCUT2D eigenvalue weighted by atomic mass is 10.1. The van der Waals surface area contributed by atoms with Crippen molar-refractivity contribution in [2.24, 2.45) is 0 Å². The lowest BCUT2D eigenvalue weighted by Crippen LogP contribution is -2.39. The van der Waals surface area contributed by atoms with Crippen LogP contribution in [-0.4, -0.2) is 54.7 Å². The molecule has 210 valence electrons. The van der Waals surface area contributed by atoms with Crippen LogP contribution in [0.4, 0.5) is 0 Å². The number of benzene rings is 3. The summed E-state index contributed by atoms with van der Waals surface area (Å²) in [6.45, 7) is 3.75. The van der Waals surface area contributed by atoms with E-state index in [0.29, 0.717) is 55.5 Å². The number of nitrogens with one attached hydrogen (secondary N) is 1. The third-order valence-electron chi connectivity index (χ3n) is 6.86. The van der Waals surface area contributed by atoms with Crippen molar-refractivity contribution in [3.8, 4) is 11.5 Å². The Morgan fingerprint density at radius 3 is 2.58 bits per heavy atom. The summed E-state index contributed by atoms with van der Waals surface area (Å²) in [4.78, 5) is 28.1. The second kappa shape index (κ2) is 14.0. The third kappa shape index (κ3) is 7.64. The summed E-state index contributed by atoms with van der Waals surface area (Å²) >= 11 is 6.36. The minimum Gasteiger partial charge on any atom is -0.508 e. The molecule has 0 aliphatic heterocycles. The van der Waals surface area contributed by atoms with Crippen molar-refractivity contribution < 1.29 is 24.2 Å². The molecule has 2 amide bonds. The van der Waals surface area contributed by atoms with Gasteiger partial charge < -0.3 is 24.8 Å². The van der Waals surface area contributed by atoms with Gasteiger partial charge >= 0.3 is 0 Å². The predicted octanol–water partition coefficient (Wildman–Crippen LogP) is 5.42. The van der Waals surface area contributed by atoms with E-state index in [0.717, 1.165) is 28.7 Å². The third-order valence-corrected chi connectivity index (χ3v) is 7.09. The zero-order valence-corrected chi connectivity index (χ0v) is 23.6. The summed E-state index contributed by atoms with van der Waals surface area (Å²) in [6, 6.07) is 17.7. The highest BCUT2D eigenvalue weighted by atomic mass is 35.5. The minimum atomic E-state index is -0.158. The first-order chi connectivity index (χ1) is 19.4. The van der Waals surface area contributed by atoms with Gasteiger partial charge in [0, 0.05) is 48.5 Å². The Bertz CT molecular complexity index is 1360. The summed E-state index contributed by atoms with van der Waals surface area (Å²) in [5.74, 6) is 0.565. The van der Waals surface area contributed by atoms with Gasteiger partial charge in [-0.25, -0.2) is 0 Å². The average Bonchev–Trinajstić information content (AvgIpc) is 3.38. The first-order valence-electron chi connectivity index (χ1n) is 13.5. The van der Waals surface area contributed by atoms with Crippen LogP contribution in [0.3, 0.4) is 0 Å². The monoisotopic (exact) mass is 562 g/mol. The average molecular weight is 563 g/mol. The summed E-state index contributed by atoms with van der Waals surface area (Å²) in [7, 11) is 1.61. The van der Waals surface area contributed by atoms with Crippen molar-refractivity contribution in [1.82, 2.24) is 10.2 Å². The van der Waals surface area contributed by atoms with Crippen LogP contribution in [0.25, 0.3) is 6.08 Å². The lowest BCUT2D eigenvalue weighted by Gasteiger charge is -2.29. The van der Waals surface area contributed by atoms with Crippen LogP contribution in [0.5, 0.6) is 11.5 Å². The number of phenols is 1. The van der Waals surface area contributed by atoms with E-state index in [4.69, 9.17) is 21.1 Å². The molecule has 2 N–H and O–H groups in total. The SMILES string of the molecule is CCCNC(=O)c1ccc2c(c1)CC(N(Cc1cc(Cl)ccc1OCCOC)C(=O)/C=C\c1ccc(O)cc1)C2. The van der Waals surface area contributed by atoms with Crippen LogP contribution in [0, 0.1) is 0 Å². The van der Waals surface area contributed by atoms with Gasteiger partial charge in [0.15, 0.2) is 0 Å². The molecular formula is C32H35ClN2O5. The van der Waals surface area contributed by atoms with Gasteiger partial charge in [-0.15, -0.1) is 0 Å². The number of fused-ring (bicyclic) bond motifs is 1. The van der Waals surface area contributed by atoms with Gasteiger partial charge in [0.2, 0.25) is 5.91 Å². The number of halogens is 1. The maximum atomic E-state index is 13.7. The highest BCUT2D eigenvalue weighted by molar-refractivity contribution is 6.30. The molecular weight excluding hydrogens is 528 g/mol. The van der Waals surface area contributed by atoms with E-state index >= 15 is 0 Å². The molecule has 0 aromatic heterocycles. The molecule has 3 aromatic rings. The number of amides is 2. The second-order valence-electron chi connectivity index (χ2n) is 9.79. The van der Waals surface area contributed by atoms with Gasteiger partial charge in [-0.05, 0) is 84.5 Å². The molecule has 1 aliphatic carbocycles. The summed E-state index contributed by atoms with van der Waals surface area (Å²) in [5, 5.41) is 13.1. The van der Waals surface area contributed by atoms with E-state index < -0.39 is 0 Å². The van der Waals surface area contributed by atoms with E-state index in [1.807, 2.05) is 42.2 Å². The first-order valence-corrected chi connectivity index (χ1v) is 13.8. The minimum absolute atomic E-state index is 0.0883. The normalized spacial score (nSPS) is 14.2. The quantitative estimate of drug-likeness (QED) is 0.227. The number of hydrogen-bond acceptors (Lipinski definition) is 5. The fraction of sp³-hybridized carbons (Fsp3) is 0.312. The Balaban J connectivity index is 1.60. The molecule has 0 radical (unpaired) electrons. The number of phenolic OH excluding ortho intramolecular Hbond substituents is 1. The second-order valence-corrected chi connectivity index (χ2v) is 10.2. The highest BCUT2D eigenvalue weighted by Gasteiger charge is 2.30. The Hall–Kier alpha value is -3.81. The molecule has 0 saturated heterocycles. The molecule has 7 nitrogen and oxygen atoms in total. The zero-order chi connectivity index (χ0) is 28.5. The van der Waals surface area contributed by atoms with Gasteiger partial charge in [-0.1, -0.05) is 36.7 Å². The Labute approximate surface area is 240 Å². The van der Waals surface area contributed by atoms with Crippen LogP contribution in [0.1, 0.15) is 46.0 Å². The fourth-order valence-electron chi connectivity index (χ4n) is 4.76. The molecule has 0 fully saturated rings. The smallest absolute Gasteiger partial charge is 0.251 e. The largest absolute Gasteiger partial charge is 0.508 e. The van der Waals surface area contributed by atoms with Gasteiger partial charge in [0.1, 0.15) is 18.1 Å². The maximum absolute atomic E-state index is 13.7. The molecule has 3 aromatic carbocycles. The van der Waals surface area contributed by atoms with Crippen molar-refractivity contribution in [3.63, 3.8) is 0 Å². The first kappa shape index (κ1) is 29.2. The molecule has 0 spiro atoms. The van der Waals surface area contributed by atoms with Gasteiger partial charge in [-0.2, -0.15) is 0 Å². The summed E-state index contributed by atoms with van der Waals surface area (Å²) in [5.41, 5.74) is 4.42. The van der Waals surface area contributed by atoms with Crippen LogP contribution in [-0.2, 0) is 28.9 Å². The number of carbonyl (C=O) groups excluding carboxylic acids is 2. The van der Waals surface area contributed by atoms with Crippen molar-refractivity contribution >= 4 is 29.5 Å². The van der Waals surface area contributed by atoms with Crippen LogP contribution >= 0.6 is 11.6 Å². The van der Waals surface area contributed by atoms with E-state index in [1.165, 1.54) is 0 Å². The van der Waals surface area contributed by atoms with Crippen LogP contribution in [0.2, 0.25) is 5.02 Å². The summed E-state index contributed by atoms with van der Waals surface area (Å²) in [6.07, 6.45) is 5.46. The molecule has 0 saturated carbocycles. The fourth-order valence-corrected chi connectivity index (χ4v) is 4.96. The number of carbonyl (C=O) groups is 2. The zero-order valence-electron chi connectivity index (χ0n) is 22.9. The molecule has 0 bridgehead atoms.